The van der Waals surface area contributed by atoms with E-state index in [1.165, 1.54) is 11.3 Å². The molecule has 0 fully saturated rings. The molecule has 0 N–H and O–H groups in total. The maximum absolute atomic E-state index is 12.6. The molecule has 3 rings (SSSR count). The Labute approximate surface area is 184 Å². The highest BCUT2D eigenvalue weighted by atomic mass is 32.2. The van der Waals surface area contributed by atoms with Crippen LogP contribution in [0.5, 0.6) is 0 Å². The molecule has 0 radical (unpaired) electrons. The van der Waals surface area contributed by atoms with E-state index in [9.17, 15) is 13.2 Å². The van der Waals surface area contributed by atoms with Gasteiger partial charge in [-0.25, -0.2) is 8.42 Å². The van der Waals surface area contributed by atoms with Gasteiger partial charge in [-0.15, -0.1) is 18.2 Å². The molecule has 3 aromatic rings. The van der Waals surface area contributed by atoms with Crippen molar-refractivity contribution in [3.63, 3.8) is 0 Å². The standard InChI is InChI=1S/C22H22N2O3S3/c1-5-12-24-19-11-10-18(30(4,26)27)14-20(19)29-22(24)23-21(25)13-16-6-8-17(9-7-16)28-15(2)3/h1,6-11,14-15H,12-13H2,2-4H3. The maximum Gasteiger partial charge on any atom is 0.252 e. The number of terminal acetylenes is 1. The molecule has 1 amide bonds. The highest BCUT2D eigenvalue weighted by Crippen LogP contribution is 2.23. The minimum atomic E-state index is -3.33. The quantitative estimate of drug-likeness (QED) is 0.415. The first kappa shape index (κ1) is 22.3. The second kappa shape index (κ2) is 9.21. The number of aromatic nitrogens is 1. The van der Waals surface area contributed by atoms with Crippen LogP contribution in [-0.2, 0) is 27.6 Å². The van der Waals surface area contributed by atoms with Crippen molar-refractivity contribution in [2.75, 3.05) is 6.26 Å². The first-order valence-corrected chi connectivity index (χ1v) is 12.9. The summed E-state index contributed by atoms with van der Waals surface area (Å²) in [6.07, 6.45) is 6.84. The van der Waals surface area contributed by atoms with Crippen molar-refractivity contribution in [1.82, 2.24) is 4.57 Å². The molecule has 0 bridgehead atoms. The Morgan fingerprint density at radius 2 is 1.93 bits per heavy atom. The van der Waals surface area contributed by atoms with Crippen LogP contribution in [0.15, 0.2) is 57.2 Å². The number of hydrogen-bond acceptors (Lipinski definition) is 5. The van der Waals surface area contributed by atoms with Crippen LogP contribution in [0, 0.1) is 12.3 Å². The van der Waals surface area contributed by atoms with E-state index in [1.54, 1.807) is 34.5 Å². The van der Waals surface area contributed by atoms with Crippen LogP contribution in [0.2, 0.25) is 0 Å². The van der Waals surface area contributed by atoms with Crippen molar-refractivity contribution in [1.29, 1.82) is 0 Å². The maximum atomic E-state index is 12.6. The van der Waals surface area contributed by atoms with Crippen LogP contribution >= 0.6 is 23.1 Å². The van der Waals surface area contributed by atoms with Crippen LogP contribution in [0.1, 0.15) is 19.4 Å². The normalized spacial score (nSPS) is 12.4. The smallest absolute Gasteiger partial charge is 0.252 e. The van der Waals surface area contributed by atoms with E-state index in [4.69, 9.17) is 6.42 Å². The van der Waals surface area contributed by atoms with Crippen LogP contribution in [0.4, 0.5) is 0 Å². The van der Waals surface area contributed by atoms with Crippen molar-refractivity contribution in [3.8, 4) is 12.3 Å². The van der Waals surface area contributed by atoms with Crippen molar-refractivity contribution in [3.05, 3.63) is 52.8 Å². The lowest BCUT2D eigenvalue weighted by Crippen LogP contribution is -2.17. The highest BCUT2D eigenvalue weighted by molar-refractivity contribution is 7.99. The van der Waals surface area contributed by atoms with Gasteiger partial charge in [-0.2, -0.15) is 4.99 Å². The zero-order chi connectivity index (χ0) is 21.9. The number of thiazole rings is 1. The minimum Gasteiger partial charge on any atom is -0.305 e. The minimum absolute atomic E-state index is 0.186. The third kappa shape index (κ3) is 5.42. The molecule has 0 aliphatic rings. The Hall–Kier alpha value is -2.34. The second-order valence-electron chi connectivity index (χ2n) is 7.07. The predicted octanol–water partition coefficient (Wildman–Crippen LogP) is 3.91. The number of fused-ring (bicyclic) bond motifs is 1. The number of thioether (sulfide) groups is 1. The largest absolute Gasteiger partial charge is 0.305 e. The van der Waals surface area contributed by atoms with Crippen molar-refractivity contribution in [2.24, 2.45) is 4.99 Å². The molecule has 8 heteroatoms. The Morgan fingerprint density at radius 1 is 1.23 bits per heavy atom. The molecule has 30 heavy (non-hydrogen) atoms. The molecule has 0 unspecified atom stereocenters. The van der Waals surface area contributed by atoms with Gasteiger partial charge >= 0.3 is 0 Å². The second-order valence-corrected chi connectivity index (χ2v) is 11.7. The number of rotatable bonds is 6. The Balaban J connectivity index is 1.93. The van der Waals surface area contributed by atoms with Crippen molar-refractivity contribution < 1.29 is 13.2 Å². The summed E-state index contributed by atoms with van der Waals surface area (Å²) in [6.45, 7) is 4.51. The van der Waals surface area contributed by atoms with Gasteiger partial charge < -0.3 is 4.57 Å². The summed E-state index contributed by atoms with van der Waals surface area (Å²) < 4.78 is 26.2. The molecular weight excluding hydrogens is 436 g/mol. The first-order valence-electron chi connectivity index (χ1n) is 9.27. The Kier molecular flexibility index (Phi) is 6.86. The lowest BCUT2D eigenvalue weighted by Gasteiger charge is -2.05. The van der Waals surface area contributed by atoms with E-state index in [0.29, 0.717) is 10.1 Å². The summed E-state index contributed by atoms with van der Waals surface area (Å²) in [7, 11) is -3.33. The molecule has 0 saturated carbocycles. The topological polar surface area (TPSA) is 68.5 Å². The van der Waals surface area contributed by atoms with Gasteiger partial charge in [0.1, 0.15) is 0 Å². The van der Waals surface area contributed by atoms with Gasteiger partial charge in [-0.1, -0.05) is 43.2 Å². The van der Waals surface area contributed by atoms with E-state index < -0.39 is 9.84 Å². The summed E-state index contributed by atoms with van der Waals surface area (Å²) in [5.74, 6) is 2.29. The third-order valence-electron chi connectivity index (χ3n) is 4.20. The number of benzene rings is 2. The van der Waals surface area contributed by atoms with Gasteiger partial charge in [0.25, 0.3) is 5.91 Å². The fourth-order valence-electron chi connectivity index (χ4n) is 2.89. The molecular formula is C22H22N2O3S3. The van der Waals surface area contributed by atoms with E-state index in [0.717, 1.165) is 26.9 Å². The number of sulfone groups is 1. The average Bonchev–Trinajstić information content (AvgIpc) is 2.99. The van der Waals surface area contributed by atoms with Gasteiger partial charge in [-0.3, -0.25) is 4.79 Å². The van der Waals surface area contributed by atoms with Crippen LogP contribution in [-0.4, -0.2) is 30.4 Å². The van der Waals surface area contributed by atoms with Crippen molar-refractivity contribution in [2.45, 2.75) is 41.9 Å². The zero-order valence-corrected chi connectivity index (χ0v) is 19.4. The molecule has 0 saturated heterocycles. The van der Waals surface area contributed by atoms with Gasteiger partial charge in [0.05, 0.1) is 28.1 Å². The summed E-state index contributed by atoms with van der Waals surface area (Å²) in [5, 5.41) is 0.496. The molecule has 2 aromatic carbocycles. The molecule has 0 atom stereocenters. The van der Waals surface area contributed by atoms with E-state index in [2.05, 4.69) is 24.8 Å². The molecule has 1 aromatic heterocycles. The molecule has 0 aliphatic heterocycles. The third-order valence-corrected chi connectivity index (χ3v) is 7.37. The molecule has 0 spiro atoms. The number of hydrogen-bond donors (Lipinski definition) is 0. The number of amides is 1. The molecule has 0 aliphatic carbocycles. The monoisotopic (exact) mass is 458 g/mol. The summed E-state index contributed by atoms with van der Waals surface area (Å²) >= 11 is 3.02. The van der Waals surface area contributed by atoms with Gasteiger partial charge in [0, 0.05) is 16.4 Å². The lowest BCUT2D eigenvalue weighted by atomic mass is 10.1. The Bertz CT molecular complexity index is 1290. The fraction of sp³-hybridized carbons (Fsp3) is 0.273. The van der Waals surface area contributed by atoms with Gasteiger partial charge in [-0.05, 0) is 35.9 Å². The van der Waals surface area contributed by atoms with Crippen LogP contribution < -0.4 is 4.80 Å². The molecule has 1 heterocycles. The summed E-state index contributed by atoms with van der Waals surface area (Å²) in [6, 6.07) is 12.7. The number of carbonyl (C=O) groups is 1. The number of carbonyl (C=O) groups excluding carboxylic acids is 1. The predicted molar refractivity (Wildman–Crippen MR) is 123 cm³/mol. The first-order chi connectivity index (χ1) is 14.2. The SMILES string of the molecule is C#CCn1c(=NC(=O)Cc2ccc(SC(C)C)cc2)sc2cc(S(C)(=O)=O)ccc21. The molecule has 5 nitrogen and oxygen atoms in total. The summed E-state index contributed by atoms with van der Waals surface area (Å²) in [5.41, 5.74) is 1.65. The van der Waals surface area contributed by atoms with Crippen LogP contribution in [0.25, 0.3) is 10.2 Å². The Morgan fingerprint density at radius 3 is 2.53 bits per heavy atom. The zero-order valence-electron chi connectivity index (χ0n) is 17.0. The fourth-order valence-corrected chi connectivity index (χ4v) is 5.54. The van der Waals surface area contributed by atoms with Crippen molar-refractivity contribution >= 4 is 49.1 Å². The van der Waals surface area contributed by atoms with E-state index in [1.807, 2.05) is 24.3 Å². The van der Waals surface area contributed by atoms with Crippen LogP contribution in [0.3, 0.4) is 0 Å². The summed E-state index contributed by atoms with van der Waals surface area (Å²) in [4.78, 5) is 18.7. The molecule has 156 valence electrons. The average molecular weight is 459 g/mol. The van der Waals surface area contributed by atoms with E-state index in [-0.39, 0.29) is 23.8 Å². The van der Waals surface area contributed by atoms with Gasteiger partial charge in [0.15, 0.2) is 14.6 Å². The van der Waals surface area contributed by atoms with Gasteiger partial charge in [0.2, 0.25) is 0 Å². The highest BCUT2D eigenvalue weighted by Gasteiger charge is 2.13. The van der Waals surface area contributed by atoms with E-state index >= 15 is 0 Å². The lowest BCUT2D eigenvalue weighted by molar-refractivity contribution is -0.117. The number of nitrogens with zero attached hydrogens (tertiary/aromatic N) is 2.